The van der Waals surface area contributed by atoms with Crippen LogP contribution in [0.4, 0.5) is 9.80 Å². The second-order valence-corrected chi connectivity index (χ2v) is 11.0. The van der Waals surface area contributed by atoms with Gasteiger partial charge in [0.15, 0.2) is 9.84 Å². The van der Waals surface area contributed by atoms with E-state index in [9.17, 15) is 22.8 Å². The van der Waals surface area contributed by atoms with Crippen LogP contribution in [0, 0.1) is 5.92 Å². The highest BCUT2D eigenvalue weighted by atomic mass is 32.2. The molecule has 3 rings (SSSR count). The Hall–Kier alpha value is -2.72. The average molecular weight is 479 g/mol. The maximum atomic E-state index is 12.8. The van der Waals surface area contributed by atoms with Crippen molar-refractivity contribution < 1.29 is 27.5 Å². The summed E-state index contributed by atoms with van der Waals surface area (Å²) in [5, 5.41) is 5.35. The van der Waals surface area contributed by atoms with Crippen molar-refractivity contribution in [2.45, 2.75) is 44.9 Å². The zero-order valence-electron chi connectivity index (χ0n) is 18.2. The molecular formula is C22H26N2O6S2. The molecule has 2 N–H and O–H groups in total. The molecule has 8 nitrogen and oxygen atoms in total. The third kappa shape index (κ3) is 5.18. The number of anilines is 1. The number of sulfone groups is 1. The fourth-order valence-electron chi connectivity index (χ4n) is 3.56. The molecule has 0 spiro atoms. The van der Waals surface area contributed by atoms with Crippen LogP contribution < -0.4 is 10.6 Å². The molecule has 1 aliphatic carbocycles. The molecule has 0 saturated carbocycles. The fourth-order valence-corrected chi connectivity index (χ4v) is 5.84. The summed E-state index contributed by atoms with van der Waals surface area (Å²) in [5.41, 5.74) is 1.38. The highest BCUT2D eigenvalue weighted by Gasteiger charge is 2.29. The third-order valence-corrected chi connectivity index (χ3v) is 8.23. The molecule has 172 valence electrons. The number of fused-ring (bicyclic) bond motifs is 1. The summed E-state index contributed by atoms with van der Waals surface area (Å²) in [5.74, 6) is -0.660. The third-order valence-electron chi connectivity index (χ3n) is 5.31. The first-order chi connectivity index (χ1) is 15.2. The molecule has 0 bridgehead atoms. The van der Waals surface area contributed by atoms with Gasteiger partial charge in [0, 0.05) is 10.4 Å². The number of imide groups is 1. The lowest BCUT2D eigenvalue weighted by Gasteiger charge is -2.18. The predicted molar refractivity (Wildman–Crippen MR) is 122 cm³/mol. The maximum Gasteiger partial charge on any atom is 0.414 e. The molecule has 2 aromatic rings. The molecule has 0 saturated heterocycles. The first kappa shape index (κ1) is 23.9. The van der Waals surface area contributed by atoms with E-state index in [4.69, 9.17) is 4.74 Å². The highest BCUT2D eigenvalue weighted by molar-refractivity contribution is 7.91. The van der Waals surface area contributed by atoms with E-state index in [1.807, 2.05) is 0 Å². The van der Waals surface area contributed by atoms with Crippen LogP contribution in [0.3, 0.4) is 0 Å². The number of hydrogen-bond donors (Lipinski definition) is 2. The summed E-state index contributed by atoms with van der Waals surface area (Å²) in [4.78, 5) is 38.6. The number of thiophene rings is 1. The van der Waals surface area contributed by atoms with E-state index in [2.05, 4.69) is 17.6 Å². The molecule has 1 aliphatic rings. The van der Waals surface area contributed by atoms with E-state index in [-0.39, 0.29) is 28.4 Å². The number of benzene rings is 1. The van der Waals surface area contributed by atoms with E-state index in [0.717, 1.165) is 23.3 Å². The van der Waals surface area contributed by atoms with Crippen molar-refractivity contribution >= 4 is 44.1 Å². The molecule has 32 heavy (non-hydrogen) atoms. The van der Waals surface area contributed by atoms with Crippen LogP contribution in [0.1, 0.15) is 58.3 Å². The molecule has 1 heterocycles. The van der Waals surface area contributed by atoms with Gasteiger partial charge < -0.3 is 10.1 Å². The topological polar surface area (TPSA) is 119 Å². The van der Waals surface area contributed by atoms with Gasteiger partial charge in [-0.3, -0.25) is 14.9 Å². The number of carbonyl (C=O) groups excluding carboxylic acids is 3. The van der Waals surface area contributed by atoms with Crippen LogP contribution >= 0.6 is 11.3 Å². The van der Waals surface area contributed by atoms with E-state index < -0.39 is 27.7 Å². The van der Waals surface area contributed by atoms with E-state index in [1.54, 1.807) is 13.8 Å². The Balaban J connectivity index is 1.89. The largest absolute Gasteiger partial charge is 0.450 e. The van der Waals surface area contributed by atoms with Crippen molar-refractivity contribution in [1.29, 1.82) is 0 Å². The van der Waals surface area contributed by atoms with Crippen molar-refractivity contribution in [2.24, 2.45) is 5.92 Å². The summed E-state index contributed by atoms with van der Waals surface area (Å²) in [6.07, 6.45) is 1.54. The average Bonchev–Trinajstić information content (AvgIpc) is 3.10. The van der Waals surface area contributed by atoms with Crippen LogP contribution in [0.15, 0.2) is 29.2 Å². The molecule has 0 aliphatic heterocycles. The number of hydrogen-bond acceptors (Lipinski definition) is 7. The van der Waals surface area contributed by atoms with Gasteiger partial charge in [-0.15, -0.1) is 11.3 Å². The minimum absolute atomic E-state index is 0.0311. The second-order valence-electron chi connectivity index (χ2n) is 7.61. The van der Waals surface area contributed by atoms with Gasteiger partial charge in [0.2, 0.25) is 0 Å². The van der Waals surface area contributed by atoms with Crippen LogP contribution in [0.2, 0.25) is 0 Å². The van der Waals surface area contributed by atoms with Gasteiger partial charge in [0.05, 0.1) is 22.8 Å². The lowest BCUT2D eigenvalue weighted by atomic mass is 9.88. The molecule has 3 amide bonds. The minimum Gasteiger partial charge on any atom is -0.450 e. The molecule has 1 aromatic heterocycles. The van der Waals surface area contributed by atoms with Gasteiger partial charge in [0.1, 0.15) is 5.00 Å². The van der Waals surface area contributed by atoms with Crippen molar-refractivity contribution in [3.63, 3.8) is 0 Å². The van der Waals surface area contributed by atoms with Crippen molar-refractivity contribution in [3.8, 4) is 0 Å². The maximum absolute atomic E-state index is 12.8. The molecule has 10 heteroatoms. The van der Waals surface area contributed by atoms with Gasteiger partial charge in [-0.1, -0.05) is 13.8 Å². The van der Waals surface area contributed by atoms with Crippen LogP contribution in [-0.4, -0.2) is 38.7 Å². The summed E-state index contributed by atoms with van der Waals surface area (Å²) in [6.45, 7) is 5.45. The summed E-state index contributed by atoms with van der Waals surface area (Å²) < 4.78 is 28.8. The quantitative estimate of drug-likeness (QED) is 0.652. The Morgan fingerprint density at radius 1 is 1.12 bits per heavy atom. The Labute approximate surface area is 191 Å². The number of carbonyl (C=O) groups is 3. The first-order valence-electron chi connectivity index (χ1n) is 10.4. The number of nitrogens with one attached hydrogen (secondary N) is 2. The van der Waals surface area contributed by atoms with Gasteiger partial charge in [-0.05, 0) is 61.9 Å². The second kappa shape index (κ2) is 9.83. The molecule has 0 fully saturated rings. The fraction of sp³-hybridized carbons (Fsp3) is 0.409. The van der Waals surface area contributed by atoms with Gasteiger partial charge in [-0.25, -0.2) is 13.2 Å². The molecule has 1 aromatic carbocycles. The lowest BCUT2D eigenvalue weighted by molar-refractivity contribution is 0.0925. The molecule has 0 radical (unpaired) electrons. The molecule has 1 unspecified atom stereocenters. The van der Waals surface area contributed by atoms with Crippen molar-refractivity contribution in [1.82, 2.24) is 5.32 Å². The van der Waals surface area contributed by atoms with E-state index in [0.29, 0.717) is 17.3 Å². The number of rotatable bonds is 6. The minimum atomic E-state index is -3.37. The Morgan fingerprint density at radius 3 is 2.44 bits per heavy atom. The van der Waals surface area contributed by atoms with Crippen molar-refractivity contribution in [2.75, 3.05) is 17.7 Å². The van der Waals surface area contributed by atoms with E-state index in [1.165, 1.54) is 35.6 Å². The smallest absolute Gasteiger partial charge is 0.414 e. The van der Waals surface area contributed by atoms with E-state index >= 15 is 0 Å². The van der Waals surface area contributed by atoms with Gasteiger partial charge >= 0.3 is 6.09 Å². The lowest BCUT2D eigenvalue weighted by Crippen LogP contribution is -2.32. The van der Waals surface area contributed by atoms with Crippen LogP contribution in [0.25, 0.3) is 0 Å². The Kier molecular flexibility index (Phi) is 7.35. The van der Waals surface area contributed by atoms with Crippen LogP contribution in [-0.2, 0) is 27.4 Å². The van der Waals surface area contributed by atoms with Crippen LogP contribution in [0.5, 0.6) is 0 Å². The zero-order valence-corrected chi connectivity index (χ0v) is 19.8. The molecular weight excluding hydrogens is 452 g/mol. The standard InChI is InChI=1S/C22H26N2O6S2/c1-4-30-22(27)24-20(26)18-16-11-6-13(3)12-17(16)31-21(18)23-19(25)14-7-9-15(10-8-14)32(28,29)5-2/h7-10,13H,4-6,11-12H2,1-3H3,(H,23,25)(H,24,26,27). The number of alkyl carbamates (subject to hydrolysis) is 1. The monoisotopic (exact) mass is 478 g/mol. The summed E-state index contributed by atoms with van der Waals surface area (Å²) >= 11 is 1.33. The summed E-state index contributed by atoms with van der Waals surface area (Å²) in [6, 6.07) is 5.66. The molecule has 1 atom stereocenters. The zero-order chi connectivity index (χ0) is 23.5. The van der Waals surface area contributed by atoms with Gasteiger partial charge in [0.25, 0.3) is 11.8 Å². The van der Waals surface area contributed by atoms with Gasteiger partial charge in [-0.2, -0.15) is 0 Å². The SMILES string of the molecule is CCOC(=O)NC(=O)c1c(NC(=O)c2ccc(S(=O)(=O)CC)cc2)sc2c1CCC(C)C2. The number of ether oxygens (including phenoxy) is 1. The Bertz CT molecular complexity index is 1140. The number of amides is 3. The summed E-state index contributed by atoms with van der Waals surface area (Å²) in [7, 11) is -3.37. The normalized spacial score (nSPS) is 15.5. The highest BCUT2D eigenvalue weighted by Crippen LogP contribution is 2.39. The Morgan fingerprint density at radius 2 is 1.81 bits per heavy atom. The first-order valence-corrected chi connectivity index (χ1v) is 12.9. The predicted octanol–water partition coefficient (Wildman–Crippen LogP) is 3.81. The van der Waals surface area contributed by atoms with Crippen molar-refractivity contribution in [3.05, 3.63) is 45.8 Å².